The Morgan fingerprint density at radius 1 is 1.19 bits per heavy atom. The number of anilines is 1. The maximum absolute atomic E-state index is 6.01. The van der Waals surface area contributed by atoms with E-state index in [1.54, 1.807) is 0 Å². The first kappa shape index (κ1) is 11.6. The molecular formula is C12H18ClN3. The summed E-state index contributed by atoms with van der Waals surface area (Å²) in [6, 6.07) is 1.85. The van der Waals surface area contributed by atoms with E-state index in [9.17, 15) is 0 Å². The summed E-state index contributed by atoms with van der Waals surface area (Å²) in [7, 11) is 0. The van der Waals surface area contributed by atoms with E-state index in [1.165, 1.54) is 25.7 Å². The molecule has 0 bridgehead atoms. The van der Waals surface area contributed by atoms with Gasteiger partial charge in [-0.2, -0.15) is 0 Å². The van der Waals surface area contributed by atoms with Crippen molar-refractivity contribution < 1.29 is 0 Å². The molecule has 0 radical (unpaired) electrons. The van der Waals surface area contributed by atoms with Gasteiger partial charge in [0.25, 0.3) is 0 Å². The van der Waals surface area contributed by atoms with E-state index in [0.717, 1.165) is 31.2 Å². The molecule has 1 aromatic rings. The van der Waals surface area contributed by atoms with Crippen LogP contribution >= 0.6 is 11.6 Å². The van der Waals surface area contributed by atoms with E-state index in [0.29, 0.717) is 5.15 Å². The number of hydrogen-bond donors (Lipinski definition) is 0. The van der Waals surface area contributed by atoms with Gasteiger partial charge in [-0.1, -0.05) is 31.4 Å². The SMILES string of the molecule is CCc1cc(Cl)nc(N2CCCCCC2)n1. The Balaban J connectivity index is 2.20. The molecule has 0 spiro atoms. The maximum atomic E-state index is 6.01. The molecule has 0 amide bonds. The molecule has 2 rings (SSSR count). The van der Waals surface area contributed by atoms with Crippen LogP contribution in [0.15, 0.2) is 6.07 Å². The standard InChI is InChI=1S/C12H18ClN3/c1-2-10-9-11(13)15-12(14-10)16-7-5-3-4-6-8-16/h9H,2-8H2,1H3. The van der Waals surface area contributed by atoms with Gasteiger partial charge >= 0.3 is 0 Å². The van der Waals surface area contributed by atoms with E-state index in [2.05, 4.69) is 21.8 Å². The third kappa shape index (κ3) is 2.85. The zero-order chi connectivity index (χ0) is 11.4. The van der Waals surface area contributed by atoms with Crippen molar-refractivity contribution in [2.45, 2.75) is 39.0 Å². The predicted octanol–water partition coefficient (Wildman–Crippen LogP) is 3.07. The van der Waals surface area contributed by atoms with Gasteiger partial charge in [0.1, 0.15) is 5.15 Å². The lowest BCUT2D eigenvalue weighted by atomic mass is 10.2. The molecule has 88 valence electrons. The third-order valence-corrected chi connectivity index (χ3v) is 3.18. The number of aryl methyl sites for hydroxylation is 1. The first-order valence-corrected chi connectivity index (χ1v) is 6.46. The van der Waals surface area contributed by atoms with Crippen molar-refractivity contribution in [3.8, 4) is 0 Å². The van der Waals surface area contributed by atoms with Crippen LogP contribution in [0.4, 0.5) is 5.95 Å². The Hall–Kier alpha value is -0.830. The van der Waals surface area contributed by atoms with Crippen LogP contribution in [0.3, 0.4) is 0 Å². The van der Waals surface area contributed by atoms with Gasteiger partial charge in [0.2, 0.25) is 5.95 Å². The lowest BCUT2D eigenvalue weighted by Gasteiger charge is -2.20. The topological polar surface area (TPSA) is 29.0 Å². The number of nitrogens with zero attached hydrogens (tertiary/aromatic N) is 3. The molecule has 0 atom stereocenters. The summed E-state index contributed by atoms with van der Waals surface area (Å²) in [6.07, 6.45) is 6.01. The Morgan fingerprint density at radius 3 is 2.50 bits per heavy atom. The number of rotatable bonds is 2. The van der Waals surface area contributed by atoms with E-state index in [-0.39, 0.29) is 0 Å². The van der Waals surface area contributed by atoms with Crippen molar-refractivity contribution in [2.75, 3.05) is 18.0 Å². The molecule has 1 aliphatic rings. The predicted molar refractivity (Wildman–Crippen MR) is 67.1 cm³/mol. The molecule has 1 aliphatic heterocycles. The van der Waals surface area contributed by atoms with Crippen molar-refractivity contribution in [1.29, 1.82) is 0 Å². The van der Waals surface area contributed by atoms with E-state index in [4.69, 9.17) is 11.6 Å². The highest BCUT2D eigenvalue weighted by Gasteiger charge is 2.13. The number of aromatic nitrogens is 2. The fourth-order valence-corrected chi connectivity index (χ4v) is 2.25. The number of halogens is 1. The molecule has 0 saturated carbocycles. The number of hydrogen-bond acceptors (Lipinski definition) is 3. The van der Waals surface area contributed by atoms with E-state index < -0.39 is 0 Å². The Morgan fingerprint density at radius 2 is 1.88 bits per heavy atom. The van der Waals surface area contributed by atoms with Gasteiger partial charge in [0.15, 0.2) is 0 Å². The molecule has 16 heavy (non-hydrogen) atoms. The maximum Gasteiger partial charge on any atom is 0.226 e. The van der Waals surface area contributed by atoms with Crippen molar-refractivity contribution >= 4 is 17.5 Å². The second-order valence-corrected chi connectivity index (χ2v) is 4.62. The minimum atomic E-state index is 0.561. The van der Waals surface area contributed by atoms with Crippen molar-refractivity contribution in [2.24, 2.45) is 0 Å². The normalized spacial score (nSPS) is 17.2. The van der Waals surface area contributed by atoms with Gasteiger partial charge in [-0.15, -0.1) is 0 Å². The molecule has 1 aromatic heterocycles. The molecule has 1 fully saturated rings. The van der Waals surface area contributed by atoms with Crippen LogP contribution < -0.4 is 4.90 Å². The molecule has 2 heterocycles. The molecule has 0 aliphatic carbocycles. The molecule has 0 aromatic carbocycles. The highest BCUT2D eigenvalue weighted by atomic mass is 35.5. The second-order valence-electron chi connectivity index (χ2n) is 4.24. The van der Waals surface area contributed by atoms with Crippen LogP contribution in [0.25, 0.3) is 0 Å². The third-order valence-electron chi connectivity index (χ3n) is 2.99. The van der Waals surface area contributed by atoms with Gasteiger partial charge in [0, 0.05) is 18.8 Å². The van der Waals surface area contributed by atoms with Gasteiger partial charge < -0.3 is 4.90 Å². The summed E-state index contributed by atoms with van der Waals surface area (Å²) < 4.78 is 0. The van der Waals surface area contributed by atoms with Crippen LogP contribution in [-0.4, -0.2) is 23.1 Å². The molecular weight excluding hydrogens is 222 g/mol. The molecule has 0 N–H and O–H groups in total. The minimum absolute atomic E-state index is 0.561. The fraction of sp³-hybridized carbons (Fsp3) is 0.667. The van der Waals surface area contributed by atoms with Gasteiger partial charge in [0.05, 0.1) is 0 Å². The zero-order valence-electron chi connectivity index (χ0n) is 9.75. The average Bonchev–Trinajstić information content (AvgIpc) is 2.56. The Bertz CT molecular complexity index is 346. The van der Waals surface area contributed by atoms with Gasteiger partial charge in [-0.3, -0.25) is 0 Å². The Kier molecular flexibility index (Phi) is 3.99. The van der Waals surface area contributed by atoms with Gasteiger partial charge in [-0.25, -0.2) is 9.97 Å². The van der Waals surface area contributed by atoms with E-state index >= 15 is 0 Å². The second kappa shape index (κ2) is 5.48. The first-order chi connectivity index (χ1) is 7.79. The lowest BCUT2D eigenvalue weighted by molar-refractivity contribution is 0.726. The van der Waals surface area contributed by atoms with Crippen LogP contribution in [0, 0.1) is 0 Å². The van der Waals surface area contributed by atoms with E-state index in [1.807, 2.05) is 6.07 Å². The summed E-state index contributed by atoms with van der Waals surface area (Å²) in [6.45, 7) is 4.21. The van der Waals surface area contributed by atoms with Crippen molar-refractivity contribution in [3.63, 3.8) is 0 Å². The highest BCUT2D eigenvalue weighted by molar-refractivity contribution is 6.29. The summed E-state index contributed by atoms with van der Waals surface area (Å²) >= 11 is 6.01. The summed E-state index contributed by atoms with van der Waals surface area (Å²) in [5.74, 6) is 0.811. The zero-order valence-corrected chi connectivity index (χ0v) is 10.5. The molecule has 0 unspecified atom stereocenters. The molecule has 1 saturated heterocycles. The molecule has 4 heteroatoms. The fourth-order valence-electron chi connectivity index (χ4n) is 2.04. The van der Waals surface area contributed by atoms with Crippen LogP contribution in [0.5, 0.6) is 0 Å². The van der Waals surface area contributed by atoms with Crippen LogP contribution in [0.1, 0.15) is 38.3 Å². The van der Waals surface area contributed by atoms with Crippen LogP contribution in [-0.2, 0) is 6.42 Å². The highest BCUT2D eigenvalue weighted by Crippen LogP contribution is 2.18. The minimum Gasteiger partial charge on any atom is -0.341 e. The lowest BCUT2D eigenvalue weighted by Crippen LogP contribution is -2.26. The summed E-state index contributed by atoms with van der Waals surface area (Å²) in [5, 5.41) is 0.561. The largest absolute Gasteiger partial charge is 0.341 e. The summed E-state index contributed by atoms with van der Waals surface area (Å²) in [4.78, 5) is 11.1. The van der Waals surface area contributed by atoms with Gasteiger partial charge in [-0.05, 0) is 25.3 Å². The molecule has 3 nitrogen and oxygen atoms in total. The first-order valence-electron chi connectivity index (χ1n) is 6.08. The Labute approximate surface area is 102 Å². The van der Waals surface area contributed by atoms with Crippen molar-refractivity contribution in [1.82, 2.24) is 9.97 Å². The monoisotopic (exact) mass is 239 g/mol. The summed E-state index contributed by atoms with van der Waals surface area (Å²) in [5.41, 5.74) is 1.03. The smallest absolute Gasteiger partial charge is 0.226 e. The van der Waals surface area contributed by atoms with Crippen LogP contribution in [0.2, 0.25) is 5.15 Å². The average molecular weight is 240 g/mol. The quantitative estimate of drug-likeness (QED) is 0.743. The van der Waals surface area contributed by atoms with Crippen molar-refractivity contribution in [3.05, 3.63) is 16.9 Å².